The van der Waals surface area contributed by atoms with Gasteiger partial charge >= 0.3 is 0 Å². The third kappa shape index (κ3) is 4.31. The first-order valence-electron chi connectivity index (χ1n) is 10.3. The second kappa shape index (κ2) is 8.55. The Morgan fingerprint density at radius 1 is 1.22 bits per heavy atom. The van der Waals surface area contributed by atoms with Crippen molar-refractivity contribution < 1.29 is 0 Å². The van der Waals surface area contributed by atoms with Gasteiger partial charge in [0.25, 0.3) is 0 Å². The second-order valence-corrected chi connectivity index (χ2v) is 7.57. The summed E-state index contributed by atoms with van der Waals surface area (Å²) in [6, 6.07) is 9.36. The highest BCUT2D eigenvalue weighted by Gasteiger charge is 2.22. The van der Waals surface area contributed by atoms with Crippen molar-refractivity contribution in [3.63, 3.8) is 0 Å². The number of aliphatic imine (C=N–C) groups is 1. The van der Waals surface area contributed by atoms with Crippen molar-refractivity contribution in [1.29, 1.82) is 0 Å². The molecule has 6 nitrogen and oxygen atoms in total. The van der Waals surface area contributed by atoms with Crippen molar-refractivity contribution in [1.82, 2.24) is 25.0 Å². The van der Waals surface area contributed by atoms with Crippen LogP contribution in [0, 0.1) is 0 Å². The first kappa shape index (κ1) is 18.0. The highest BCUT2D eigenvalue weighted by atomic mass is 15.3. The van der Waals surface area contributed by atoms with Crippen molar-refractivity contribution in [3.05, 3.63) is 47.5 Å². The molecule has 0 radical (unpaired) electrons. The van der Waals surface area contributed by atoms with E-state index in [1.165, 1.54) is 36.8 Å². The molecule has 27 heavy (non-hydrogen) atoms. The van der Waals surface area contributed by atoms with Crippen molar-refractivity contribution in [3.8, 4) is 0 Å². The van der Waals surface area contributed by atoms with Gasteiger partial charge in [-0.2, -0.15) is 0 Å². The molecule has 1 aromatic carbocycles. The lowest BCUT2D eigenvalue weighted by Crippen LogP contribution is -2.47. The van der Waals surface area contributed by atoms with Crippen molar-refractivity contribution in [2.45, 2.75) is 64.6 Å². The van der Waals surface area contributed by atoms with Gasteiger partial charge in [0.1, 0.15) is 12.2 Å². The third-order valence-electron chi connectivity index (χ3n) is 5.73. The van der Waals surface area contributed by atoms with E-state index in [4.69, 9.17) is 4.99 Å². The lowest BCUT2D eigenvalue weighted by Gasteiger charge is -2.33. The van der Waals surface area contributed by atoms with Crippen LogP contribution in [-0.4, -0.2) is 44.8 Å². The fourth-order valence-electron chi connectivity index (χ4n) is 4.17. The van der Waals surface area contributed by atoms with E-state index in [0.29, 0.717) is 6.04 Å². The lowest BCUT2D eigenvalue weighted by molar-refractivity contribution is 0.370. The van der Waals surface area contributed by atoms with E-state index >= 15 is 0 Å². The van der Waals surface area contributed by atoms with Gasteiger partial charge in [0.15, 0.2) is 5.96 Å². The molecule has 0 spiro atoms. The molecule has 1 fully saturated rings. The molecule has 1 aromatic heterocycles. The molecular weight excluding hydrogens is 336 g/mol. The number of hydrogen-bond donors (Lipinski definition) is 1. The minimum Gasteiger partial charge on any atom is -0.353 e. The zero-order valence-corrected chi connectivity index (χ0v) is 16.3. The topological polar surface area (TPSA) is 58.3 Å². The Morgan fingerprint density at radius 3 is 2.85 bits per heavy atom. The third-order valence-corrected chi connectivity index (χ3v) is 5.73. The number of guanidine groups is 1. The molecule has 1 saturated carbocycles. The van der Waals surface area contributed by atoms with Crippen LogP contribution >= 0.6 is 0 Å². The Hall–Kier alpha value is -2.37. The molecule has 0 amide bonds. The van der Waals surface area contributed by atoms with Gasteiger partial charge in [-0.15, -0.1) is 10.2 Å². The van der Waals surface area contributed by atoms with Gasteiger partial charge in [0.2, 0.25) is 0 Å². The number of benzene rings is 1. The molecule has 1 aliphatic carbocycles. The summed E-state index contributed by atoms with van der Waals surface area (Å²) >= 11 is 0. The average Bonchev–Trinajstić information content (AvgIpc) is 3.38. The number of aromatic nitrogens is 3. The zero-order valence-electron chi connectivity index (χ0n) is 16.3. The molecule has 144 valence electrons. The SMILES string of the molecule is CCc1nncn1CCN=C(NC1CCCC1)N1CCc2ccccc2C1. The van der Waals surface area contributed by atoms with E-state index in [9.17, 15) is 0 Å². The molecule has 0 unspecified atom stereocenters. The molecule has 1 aliphatic heterocycles. The minimum absolute atomic E-state index is 0.571. The highest BCUT2D eigenvalue weighted by Crippen LogP contribution is 2.21. The van der Waals surface area contributed by atoms with E-state index in [2.05, 4.69) is 56.2 Å². The molecule has 6 heteroatoms. The number of nitrogens with one attached hydrogen (secondary N) is 1. The summed E-state index contributed by atoms with van der Waals surface area (Å²) in [5.41, 5.74) is 2.91. The Bertz CT molecular complexity index is 774. The molecule has 0 bridgehead atoms. The monoisotopic (exact) mass is 366 g/mol. The maximum absolute atomic E-state index is 4.99. The molecule has 0 atom stereocenters. The summed E-state index contributed by atoms with van der Waals surface area (Å²) in [5.74, 6) is 2.10. The van der Waals surface area contributed by atoms with Gasteiger partial charge in [-0.25, -0.2) is 0 Å². The predicted octanol–water partition coefficient (Wildman–Crippen LogP) is 2.79. The van der Waals surface area contributed by atoms with Crippen LogP contribution in [0.15, 0.2) is 35.6 Å². The average molecular weight is 367 g/mol. The standard InChI is InChI=1S/C21H30N6/c1-2-20-25-23-16-27(20)14-12-22-21(24-19-9-5-6-10-19)26-13-11-17-7-3-4-8-18(17)15-26/h3-4,7-8,16,19H,2,5-6,9-15H2,1H3,(H,22,24). The van der Waals surface area contributed by atoms with Gasteiger partial charge in [-0.05, 0) is 30.4 Å². The summed E-state index contributed by atoms with van der Waals surface area (Å²) in [6.45, 7) is 5.67. The molecule has 0 saturated heterocycles. The Labute approximate surface area is 161 Å². The van der Waals surface area contributed by atoms with Crippen LogP contribution in [0.2, 0.25) is 0 Å². The van der Waals surface area contributed by atoms with E-state index in [1.54, 1.807) is 0 Å². The number of rotatable bonds is 5. The molecule has 4 rings (SSSR count). The van der Waals surface area contributed by atoms with Crippen LogP contribution in [-0.2, 0) is 25.9 Å². The predicted molar refractivity (Wildman–Crippen MR) is 108 cm³/mol. The Kier molecular flexibility index (Phi) is 5.70. The van der Waals surface area contributed by atoms with E-state index in [0.717, 1.165) is 50.8 Å². The first-order chi connectivity index (χ1) is 13.3. The van der Waals surface area contributed by atoms with Gasteiger partial charge in [0, 0.05) is 32.1 Å². The zero-order chi connectivity index (χ0) is 18.5. The Morgan fingerprint density at radius 2 is 2.04 bits per heavy atom. The fourth-order valence-corrected chi connectivity index (χ4v) is 4.17. The highest BCUT2D eigenvalue weighted by molar-refractivity contribution is 5.80. The van der Waals surface area contributed by atoms with Crippen molar-refractivity contribution >= 4 is 5.96 Å². The summed E-state index contributed by atoms with van der Waals surface area (Å²) in [4.78, 5) is 7.41. The number of aryl methyl sites for hydroxylation is 1. The van der Waals surface area contributed by atoms with Gasteiger partial charge in [-0.3, -0.25) is 4.99 Å². The van der Waals surface area contributed by atoms with Gasteiger partial charge < -0.3 is 14.8 Å². The van der Waals surface area contributed by atoms with Crippen molar-refractivity contribution in [2.24, 2.45) is 4.99 Å². The molecule has 2 heterocycles. The van der Waals surface area contributed by atoms with Crippen LogP contribution < -0.4 is 5.32 Å². The largest absolute Gasteiger partial charge is 0.353 e. The first-order valence-corrected chi connectivity index (χ1v) is 10.3. The smallest absolute Gasteiger partial charge is 0.194 e. The van der Waals surface area contributed by atoms with Crippen molar-refractivity contribution in [2.75, 3.05) is 13.1 Å². The fraction of sp³-hybridized carbons (Fsp3) is 0.571. The van der Waals surface area contributed by atoms with Gasteiger partial charge in [-0.1, -0.05) is 44.0 Å². The molecule has 2 aliphatic rings. The van der Waals surface area contributed by atoms with E-state index < -0.39 is 0 Å². The van der Waals surface area contributed by atoms with Crippen LogP contribution in [0.1, 0.15) is 49.6 Å². The maximum atomic E-state index is 4.99. The maximum Gasteiger partial charge on any atom is 0.194 e. The second-order valence-electron chi connectivity index (χ2n) is 7.57. The Balaban J connectivity index is 1.46. The number of fused-ring (bicyclic) bond motifs is 1. The molecule has 1 N–H and O–H groups in total. The summed E-state index contributed by atoms with van der Waals surface area (Å²) < 4.78 is 2.11. The number of hydrogen-bond acceptors (Lipinski definition) is 3. The van der Waals surface area contributed by atoms with Crippen LogP contribution in [0.4, 0.5) is 0 Å². The van der Waals surface area contributed by atoms with Crippen LogP contribution in [0.25, 0.3) is 0 Å². The number of nitrogens with zero attached hydrogens (tertiary/aromatic N) is 5. The lowest BCUT2D eigenvalue weighted by atomic mass is 10.0. The summed E-state index contributed by atoms with van der Waals surface area (Å²) in [5, 5.41) is 12.0. The van der Waals surface area contributed by atoms with Crippen LogP contribution in [0.3, 0.4) is 0 Å². The molecular formula is C21H30N6. The minimum atomic E-state index is 0.571. The molecule has 2 aromatic rings. The van der Waals surface area contributed by atoms with E-state index in [1.807, 2.05) is 6.33 Å². The van der Waals surface area contributed by atoms with Gasteiger partial charge in [0.05, 0.1) is 6.54 Å². The quantitative estimate of drug-likeness (QED) is 0.653. The summed E-state index contributed by atoms with van der Waals surface area (Å²) in [6.07, 6.45) is 8.98. The summed E-state index contributed by atoms with van der Waals surface area (Å²) in [7, 11) is 0. The van der Waals surface area contributed by atoms with Crippen LogP contribution in [0.5, 0.6) is 0 Å². The normalized spacial score (nSPS) is 18.0. The van der Waals surface area contributed by atoms with E-state index in [-0.39, 0.29) is 0 Å².